The lowest BCUT2D eigenvalue weighted by molar-refractivity contribution is 0.336. The van der Waals surface area contributed by atoms with Crippen molar-refractivity contribution in [1.82, 2.24) is 0 Å². The van der Waals surface area contributed by atoms with Gasteiger partial charge in [-0.1, -0.05) is 13.3 Å². The molecule has 1 heteroatoms. The van der Waals surface area contributed by atoms with Gasteiger partial charge in [-0.25, -0.2) is 0 Å². The molecule has 1 aliphatic carbocycles. The van der Waals surface area contributed by atoms with Crippen LogP contribution in [0.1, 0.15) is 26.2 Å². The third-order valence-corrected chi connectivity index (χ3v) is 2.33. The number of fused-ring (bicyclic) bond motifs is 1. The Morgan fingerprint density at radius 3 is 2.88 bits per heavy atom. The van der Waals surface area contributed by atoms with E-state index in [0.29, 0.717) is 12.2 Å². The third-order valence-electron chi connectivity index (χ3n) is 2.33. The van der Waals surface area contributed by atoms with E-state index in [1.54, 1.807) is 0 Å². The third kappa shape index (κ3) is 0.576. The number of ether oxygens (including phenoxy) is 1. The second-order valence-corrected chi connectivity index (χ2v) is 3.05. The van der Waals surface area contributed by atoms with Crippen molar-refractivity contribution in [3.8, 4) is 0 Å². The number of rotatable bonds is 0. The lowest BCUT2D eigenvalue weighted by atomic mass is 9.91. The molecular weight excluding hydrogens is 100 g/mol. The molecule has 0 bridgehead atoms. The van der Waals surface area contributed by atoms with Crippen molar-refractivity contribution in [3.63, 3.8) is 0 Å². The smallest absolute Gasteiger partial charge is 0.0867 e. The molecule has 1 heterocycles. The average Bonchev–Trinajstić information content (AvgIpc) is 2.45. The van der Waals surface area contributed by atoms with Gasteiger partial charge in [0, 0.05) is 0 Å². The highest BCUT2D eigenvalue weighted by molar-refractivity contribution is 4.92. The highest BCUT2D eigenvalue weighted by atomic mass is 16.6. The van der Waals surface area contributed by atoms with Gasteiger partial charge in [0.2, 0.25) is 0 Å². The molecule has 0 aromatic carbocycles. The van der Waals surface area contributed by atoms with Gasteiger partial charge in [-0.15, -0.1) is 0 Å². The van der Waals surface area contributed by atoms with E-state index in [4.69, 9.17) is 4.74 Å². The van der Waals surface area contributed by atoms with Crippen molar-refractivity contribution < 1.29 is 4.74 Å². The van der Waals surface area contributed by atoms with Crippen molar-refractivity contribution in [2.24, 2.45) is 5.92 Å². The quantitative estimate of drug-likeness (QED) is 0.433. The highest BCUT2D eigenvalue weighted by Gasteiger charge is 2.44. The number of hydrogen-bond acceptors (Lipinski definition) is 1. The van der Waals surface area contributed by atoms with Gasteiger partial charge in [0.05, 0.1) is 12.2 Å². The molecule has 2 fully saturated rings. The molecule has 2 rings (SSSR count). The monoisotopic (exact) mass is 112 g/mol. The summed E-state index contributed by atoms with van der Waals surface area (Å²) in [5, 5.41) is 0. The minimum atomic E-state index is 0.670. The first kappa shape index (κ1) is 4.80. The zero-order valence-corrected chi connectivity index (χ0v) is 5.26. The first-order valence-corrected chi connectivity index (χ1v) is 3.53. The summed E-state index contributed by atoms with van der Waals surface area (Å²) in [7, 11) is 0. The molecule has 1 aliphatic heterocycles. The van der Waals surface area contributed by atoms with Gasteiger partial charge >= 0.3 is 0 Å². The minimum Gasteiger partial charge on any atom is -0.369 e. The summed E-state index contributed by atoms with van der Waals surface area (Å²) in [6.45, 7) is 2.30. The van der Waals surface area contributed by atoms with Gasteiger partial charge in [-0.05, 0) is 18.8 Å². The summed E-state index contributed by atoms with van der Waals surface area (Å²) in [6.07, 6.45) is 5.46. The normalized spacial score (nSPS) is 52.9. The summed E-state index contributed by atoms with van der Waals surface area (Å²) in [6, 6.07) is 0. The number of epoxide rings is 1. The average molecular weight is 112 g/mol. The largest absolute Gasteiger partial charge is 0.369 e. The van der Waals surface area contributed by atoms with Crippen LogP contribution in [0.2, 0.25) is 0 Å². The second-order valence-electron chi connectivity index (χ2n) is 3.05. The molecule has 46 valence electrons. The first-order chi connectivity index (χ1) is 3.88. The van der Waals surface area contributed by atoms with E-state index in [9.17, 15) is 0 Å². The molecule has 0 amide bonds. The topological polar surface area (TPSA) is 12.5 Å². The molecule has 3 atom stereocenters. The Morgan fingerprint density at radius 1 is 1.38 bits per heavy atom. The molecule has 0 N–H and O–H groups in total. The Bertz CT molecular complexity index is 101. The van der Waals surface area contributed by atoms with Crippen molar-refractivity contribution in [3.05, 3.63) is 0 Å². The van der Waals surface area contributed by atoms with Crippen LogP contribution in [0.25, 0.3) is 0 Å². The molecule has 0 aromatic rings. The van der Waals surface area contributed by atoms with Crippen LogP contribution in [0.4, 0.5) is 0 Å². The van der Waals surface area contributed by atoms with Crippen molar-refractivity contribution in [2.75, 3.05) is 0 Å². The van der Waals surface area contributed by atoms with Crippen molar-refractivity contribution in [1.29, 1.82) is 0 Å². The molecule has 0 radical (unpaired) electrons. The van der Waals surface area contributed by atoms with E-state index < -0.39 is 0 Å². The summed E-state index contributed by atoms with van der Waals surface area (Å²) < 4.78 is 5.39. The summed E-state index contributed by atoms with van der Waals surface area (Å²) in [4.78, 5) is 0. The molecule has 1 saturated heterocycles. The van der Waals surface area contributed by atoms with Crippen LogP contribution in [-0.2, 0) is 4.74 Å². The highest BCUT2D eigenvalue weighted by Crippen LogP contribution is 2.39. The number of hydrogen-bond donors (Lipinski definition) is 0. The predicted octanol–water partition coefficient (Wildman–Crippen LogP) is 1.57. The Morgan fingerprint density at radius 2 is 2.25 bits per heavy atom. The summed E-state index contributed by atoms with van der Waals surface area (Å²) in [5.74, 6) is 0.855. The fourth-order valence-corrected chi connectivity index (χ4v) is 1.69. The van der Waals surface area contributed by atoms with E-state index in [1.165, 1.54) is 19.3 Å². The van der Waals surface area contributed by atoms with Crippen LogP contribution in [0.15, 0.2) is 0 Å². The van der Waals surface area contributed by atoms with Crippen LogP contribution in [0.5, 0.6) is 0 Å². The fourth-order valence-electron chi connectivity index (χ4n) is 1.69. The molecule has 8 heavy (non-hydrogen) atoms. The second kappa shape index (κ2) is 1.47. The Labute approximate surface area is 50.0 Å². The van der Waals surface area contributed by atoms with Gasteiger partial charge in [0.1, 0.15) is 0 Å². The molecule has 0 unspecified atom stereocenters. The first-order valence-electron chi connectivity index (χ1n) is 3.53. The molecule has 0 aromatic heterocycles. The van der Waals surface area contributed by atoms with Crippen molar-refractivity contribution in [2.45, 2.75) is 38.4 Å². The molecule has 1 nitrogen and oxygen atoms in total. The van der Waals surface area contributed by atoms with Crippen molar-refractivity contribution >= 4 is 0 Å². The zero-order valence-electron chi connectivity index (χ0n) is 5.26. The fraction of sp³-hybridized carbons (Fsp3) is 1.00. The molecule has 2 aliphatic rings. The minimum absolute atomic E-state index is 0.670. The van der Waals surface area contributed by atoms with Gasteiger partial charge in [0.25, 0.3) is 0 Å². The molecular formula is C7H12O. The lowest BCUT2D eigenvalue weighted by Crippen LogP contribution is -2.11. The maximum absolute atomic E-state index is 5.39. The Hall–Kier alpha value is -0.0400. The summed E-state index contributed by atoms with van der Waals surface area (Å²) in [5.41, 5.74) is 0. The van der Waals surface area contributed by atoms with Gasteiger partial charge in [-0.3, -0.25) is 0 Å². The Kier molecular flexibility index (Phi) is 0.884. The SMILES string of the molecule is C[C@@H]1CCC[C@@H]2O[C@H]12. The van der Waals surface area contributed by atoms with Crippen LogP contribution in [0, 0.1) is 5.92 Å². The summed E-state index contributed by atoms with van der Waals surface area (Å²) >= 11 is 0. The predicted molar refractivity (Wildman–Crippen MR) is 31.7 cm³/mol. The Balaban J connectivity index is 1.99. The van der Waals surface area contributed by atoms with E-state index in [0.717, 1.165) is 5.92 Å². The zero-order chi connectivity index (χ0) is 5.56. The van der Waals surface area contributed by atoms with Gasteiger partial charge in [0.15, 0.2) is 0 Å². The van der Waals surface area contributed by atoms with Gasteiger partial charge in [-0.2, -0.15) is 0 Å². The van der Waals surface area contributed by atoms with E-state index in [2.05, 4.69) is 6.92 Å². The maximum Gasteiger partial charge on any atom is 0.0867 e. The van der Waals surface area contributed by atoms with E-state index in [-0.39, 0.29) is 0 Å². The van der Waals surface area contributed by atoms with Crippen LogP contribution < -0.4 is 0 Å². The van der Waals surface area contributed by atoms with Crippen LogP contribution in [0.3, 0.4) is 0 Å². The van der Waals surface area contributed by atoms with Crippen LogP contribution in [-0.4, -0.2) is 12.2 Å². The van der Waals surface area contributed by atoms with Crippen LogP contribution >= 0.6 is 0 Å². The van der Waals surface area contributed by atoms with Gasteiger partial charge < -0.3 is 4.74 Å². The molecule has 1 saturated carbocycles. The van der Waals surface area contributed by atoms with E-state index in [1.807, 2.05) is 0 Å². The molecule has 0 spiro atoms. The van der Waals surface area contributed by atoms with E-state index >= 15 is 0 Å². The standard InChI is InChI=1S/C7H12O/c1-5-3-2-4-6-7(5)8-6/h5-7H,2-4H2,1H3/t5-,6+,7-/m1/s1. The lowest BCUT2D eigenvalue weighted by Gasteiger charge is -2.10. The maximum atomic E-state index is 5.39.